The minimum Gasteiger partial charge on any atom is -0.748 e. The van der Waals surface area contributed by atoms with Crippen LogP contribution in [0, 0.1) is 0 Å². The molecule has 18 nitrogen and oxygen atoms in total. The molecule has 3 aliphatic rings. The molecular formula is C70H81B2F2N5O13S. The summed E-state index contributed by atoms with van der Waals surface area (Å²) in [4.78, 5) is 66.9. The van der Waals surface area contributed by atoms with Crippen molar-refractivity contribution in [2.24, 2.45) is 0 Å². The van der Waals surface area contributed by atoms with Gasteiger partial charge in [-0.1, -0.05) is 61.0 Å². The Morgan fingerprint density at radius 3 is 2.02 bits per heavy atom. The molecule has 0 bridgehead atoms. The predicted octanol–water partition coefficient (Wildman–Crippen LogP) is 8.96. The first kappa shape index (κ1) is 69.0. The Labute approximate surface area is 543 Å². The third-order valence-electron chi connectivity index (χ3n) is 17.3. The van der Waals surface area contributed by atoms with Crippen LogP contribution in [0.5, 0.6) is 17.2 Å². The SMILES string of the molecule is COc1ccc(C2=[N+]3C(=Cc4c(CCC[N+](C)(C)C)cc(-c5ccc(OC)cc5)n4[B-]3(F)F)C(CCC(=O)NC(CS(=O)(=O)[O-])C(=O)CCCCCC(=O)CCCNC(=O)c3cc(CCCCc4ccc(C(=O)c5ccccc5)cc4)c(OC)c4c3COB4O)=C2)cc1. The van der Waals surface area contributed by atoms with Gasteiger partial charge in [-0.3, -0.25) is 24.0 Å². The number of unbranched alkanes of at least 4 members (excludes halogenated alkanes) is 3. The molecule has 1 atom stereocenters. The highest BCUT2D eigenvalue weighted by Gasteiger charge is 2.55. The normalized spacial score (nSPS) is 14.4. The van der Waals surface area contributed by atoms with Crippen molar-refractivity contribution >= 4 is 70.6 Å². The van der Waals surface area contributed by atoms with Gasteiger partial charge in [-0.2, -0.15) is 0 Å². The summed E-state index contributed by atoms with van der Waals surface area (Å²) in [6.45, 7) is -3.61. The van der Waals surface area contributed by atoms with Crippen LogP contribution in [-0.2, 0) is 55.0 Å². The first-order valence-electron chi connectivity index (χ1n) is 31.7. The van der Waals surface area contributed by atoms with Crippen molar-refractivity contribution in [3.05, 3.63) is 183 Å². The summed E-state index contributed by atoms with van der Waals surface area (Å²) in [6.07, 6.45) is 8.61. The molecule has 0 radical (unpaired) electrons. The van der Waals surface area contributed by atoms with Gasteiger partial charge in [-0.15, -0.1) is 0 Å². The number of ether oxygens (including phenoxy) is 3. The molecule has 1 aromatic heterocycles. The van der Waals surface area contributed by atoms with Crippen molar-refractivity contribution < 1.29 is 78.4 Å². The molecule has 6 aromatic rings. The van der Waals surface area contributed by atoms with Gasteiger partial charge < -0.3 is 61.2 Å². The van der Waals surface area contributed by atoms with Crippen molar-refractivity contribution in [2.75, 3.05) is 61.3 Å². The second kappa shape index (κ2) is 30.6. The number of aromatic nitrogens is 1. The highest BCUT2D eigenvalue weighted by Crippen LogP contribution is 2.43. The molecule has 9 rings (SSSR count). The Kier molecular flexibility index (Phi) is 22.7. The lowest BCUT2D eigenvalue weighted by Crippen LogP contribution is -2.51. The number of rotatable bonds is 34. The number of nitrogens with one attached hydrogen (secondary N) is 2. The number of carbonyl (C=O) groups excluding carboxylic acids is 5. The second-order valence-electron chi connectivity index (χ2n) is 25.0. The monoisotopic (exact) mass is 1290 g/mol. The molecule has 3 aliphatic heterocycles. The molecule has 1 unspecified atom stereocenters. The van der Waals surface area contributed by atoms with Crippen molar-refractivity contribution in [1.82, 2.24) is 15.1 Å². The first-order valence-corrected chi connectivity index (χ1v) is 33.3. The fourth-order valence-electron chi connectivity index (χ4n) is 12.4. The number of aryl methyl sites for hydroxylation is 3. The number of benzene rings is 5. The van der Waals surface area contributed by atoms with Gasteiger partial charge in [0.25, 0.3) is 5.91 Å². The third kappa shape index (κ3) is 17.3. The third-order valence-corrected chi connectivity index (χ3v) is 18.0. The molecule has 490 valence electrons. The van der Waals surface area contributed by atoms with E-state index in [1.165, 1.54) is 21.3 Å². The van der Waals surface area contributed by atoms with E-state index in [1.54, 1.807) is 78.9 Å². The molecule has 2 amide bonds. The quantitative estimate of drug-likeness (QED) is 0.0113. The van der Waals surface area contributed by atoms with Gasteiger partial charge in [-0.25, -0.2) is 8.42 Å². The second-order valence-corrected chi connectivity index (χ2v) is 26.4. The highest BCUT2D eigenvalue weighted by atomic mass is 32.2. The fraction of sp³-hybridized carbons (Fsp3) is 0.371. The molecule has 0 saturated carbocycles. The number of fused-ring (bicyclic) bond motifs is 3. The van der Waals surface area contributed by atoms with E-state index in [-0.39, 0.29) is 80.6 Å². The van der Waals surface area contributed by atoms with Gasteiger partial charge in [0.15, 0.2) is 23.0 Å². The predicted molar refractivity (Wildman–Crippen MR) is 353 cm³/mol. The maximum Gasteiger partial charge on any atom is 0.737 e. The van der Waals surface area contributed by atoms with E-state index in [0.717, 1.165) is 57.9 Å². The average molecular weight is 1290 g/mol. The van der Waals surface area contributed by atoms with Crippen molar-refractivity contribution in [2.45, 2.75) is 109 Å². The summed E-state index contributed by atoms with van der Waals surface area (Å²) >= 11 is 0. The number of ketones is 3. The van der Waals surface area contributed by atoms with E-state index >= 15 is 8.63 Å². The van der Waals surface area contributed by atoms with Crippen LogP contribution in [0.4, 0.5) is 8.63 Å². The maximum absolute atomic E-state index is 17.9. The fourth-order valence-corrected chi connectivity index (χ4v) is 13.1. The van der Waals surface area contributed by atoms with Crippen molar-refractivity contribution in [3.63, 3.8) is 0 Å². The summed E-state index contributed by atoms with van der Waals surface area (Å²) in [5.41, 5.74) is 7.58. The average Bonchev–Trinajstić information content (AvgIpc) is 1.58. The minimum absolute atomic E-state index is 0.0113. The molecule has 0 fully saturated rings. The molecule has 23 heteroatoms. The van der Waals surface area contributed by atoms with Crippen LogP contribution >= 0.6 is 0 Å². The Morgan fingerprint density at radius 2 is 1.37 bits per heavy atom. The number of methoxy groups -OCH3 is 3. The smallest absolute Gasteiger partial charge is 0.737 e. The maximum atomic E-state index is 17.9. The zero-order chi connectivity index (χ0) is 66.6. The summed E-state index contributed by atoms with van der Waals surface area (Å²) in [6, 6.07) is 32.3. The highest BCUT2D eigenvalue weighted by molar-refractivity contribution is 7.85. The standard InChI is InChI=1S/C70H81B2F2N5O13S/c1-79(2,3)40-16-21-52-42-61(48-29-34-56(89-4)35-30-48)77-63(52)44-64-53(43-62(78(64)72(77,73)74)49-31-36-57(90-5)37-32-49)33-38-66(82)76-60(46-93(86,87)88)65(81)24-12-8-11-22-55(80)23-15-39-75-70(84)58-41-54(69(91-6)67-59(58)45-92-71(67)85)20-14-13-17-47-25-27-51(28-26-47)68(83)50-18-9-7-10-19-50/h7,9-10,18-19,25-32,34-37,41-44,60,85H,8,11-17,20-24,33,38-40,45-46H2,1-6H3,(H2-,75,76,82,84,86,87,88). The van der Waals surface area contributed by atoms with Gasteiger partial charge in [0.05, 0.1) is 71.5 Å². The van der Waals surface area contributed by atoms with E-state index in [2.05, 4.69) is 31.8 Å². The van der Waals surface area contributed by atoms with Crippen LogP contribution in [0.2, 0.25) is 0 Å². The lowest BCUT2D eigenvalue weighted by atomic mass is 9.75. The van der Waals surface area contributed by atoms with E-state index in [4.69, 9.17) is 18.9 Å². The van der Waals surface area contributed by atoms with Gasteiger partial charge in [0, 0.05) is 95.5 Å². The van der Waals surface area contributed by atoms with Gasteiger partial charge in [0.2, 0.25) is 5.91 Å². The molecule has 4 heterocycles. The number of amides is 2. The Morgan fingerprint density at radius 1 is 0.731 bits per heavy atom. The van der Waals surface area contributed by atoms with Crippen molar-refractivity contribution in [3.8, 4) is 28.5 Å². The van der Waals surface area contributed by atoms with Crippen LogP contribution < -0.4 is 30.3 Å². The number of Topliss-reactive ketones (excluding diaryl/α,β-unsaturated/α-hetero) is 2. The largest absolute Gasteiger partial charge is 0.748 e. The van der Waals surface area contributed by atoms with E-state index < -0.39 is 47.7 Å². The van der Waals surface area contributed by atoms with Gasteiger partial charge >= 0.3 is 14.1 Å². The molecule has 3 N–H and O–H groups in total. The number of allylic oxidation sites excluding steroid dienone is 2. The summed E-state index contributed by atoms with van der Waals surface area (Å²) < 4.78 is 97.0. The zero-order valence-corrected chi connectivity index (χ0v) is 54.5. The van der Waals surface area contributed by atoms with Crippen LogP contribution in [0.1, 0.15) is 137 Å². The van der Waals surface area contributed by atoms with Crippen LogP contribution in [0.25, 0.3) is 17.3 Å². The van der Waals surface area contributed by atoms with Crippen molar-refractivity contribution in [1.29, 1.82) is 0 Å². The zero-order valence-electron chi connectivity index (χ0n) is 53.6. The van der Waals surface area contributed by atoms with Crippen LogP contribution in [0.3, 0.4) is 0 Å². The topological polar surface area (TPSA) is 232 Å². The lowest BCUT2D eigenvalue weighted by molar-refractivity contribution is -0.870. The summed E-state index contributed by atoms with van der Waals surface area (Å²) in [5, 5.41) is 16.2. The molecule has 5 aromatic carbocycles. The van der Waals surface area contributed by atoms with Gasteiger partial charge in [0.1, 0.15) is 29.1 Å². The van der Waals surface area contributed by atoms with E-state index in [9.17, 15) is 42.0 Å². The minimum atomic E-state index is -5.01. The Balaban J connectivity index is 0.766. The van der Waals surface area contributed by atoms with E-state index in [1.807, 2.05) is 48.5 Å². The lowest BCUT2D eigenvalue weighted by Gasteiger charge is -2.32. The molecule has 0 spiro atoms. The van der Waals surface area contributed by atoms with Crippen LogP contribution in [-0.4, -0.2) is 148 Å². The first-order chi connectivity index (χ1) is 44.5. The number of carbonyl (C=O) groups is 5. The number of hydrogen-bond acceptors (Lipinski definition) is 13. The Hall–Kier alpha value is -8.34. The molecular weight excluding hydrogens is 1210 g/mol. The number of halogens is 2. The van der Waals surface area contributed by atoms with E-state index in [0.29, 0.717) is 110 Å². The number of quaternary nitrogens is 1. The molecule has 0 saturated heterocycles. The van der Waals surface area contributed by atoms with Crippen LogP contribution in [0.15, 0.2) is 133 Å². The number of hydrogen-bond donors (Lipinski definition) is 3. The number of nitrogens with zero attached hydrogens (tertiary/aromatic N) is 3. The molecule has 0 aliphatic carbocycles. The summed E-state index contributed by atoms with van der Waals surface area (Å²) in [5.74, 6) is -1.53. The summed E-state index contributed by atoms with van der Waals surface area (Å²) in [7, 11) is 4.48. The van der Waals surface area contributed by atoms with Gasteiger partial charge in [-0.05, 0) is 146 Å². The molecule has 93 heavy (non-hydrogen) atoms. The Bertz CT molecular complexity index is 3940.